The van der Waals surface area contributed by atoms with E-state index in [0.29, 0.717) is 12.2 Å². The van der Waals surface area contributed by atoms with Crippen LogP contribution in [0.5, 0.6) is 0 Å². The number of fused-ring (bicyclic) bond motifs is 2. The van der Waals surface area contributed by atoms with Crippen molar-refractivity contribution < 1.29 is 4.79 Å². The van der Waals surface area contributed by atoms with Crippen molar-refractivity contribution in [3.63, 3.8) is 0 Å². The highest BCUT2D eigenvalue weighted by molar-refractivity contribution is 5.98. The van der Waals surface area contributed by atoms with Crippen LogP contribution in [0.15, 0.2) is 30.5 Å². The lowest BCUT2D eigenvalue weighted by molar-refractivity contribution is -0.115. The summed E-state index contributed by atoms with van der Waals surface area (Å²) in [6, 6.07) is 8.24. The molecule has 1 aliphatic heterocycles. The maximum Gasteiger partial charge on any atom is 0.230 e. The summed E-state index contributed by atoms with van der Waals surface area (Å²) in [5.41, 5.74) is 5.15. The Hall–Kier alpha value is -2.69. The number of aromatic nitrogens is 3. The minimum Gasteiger partial charge on any atom is -0.310 e. The first-order valence-corrected chi connectivity index (χ1v) is 7.81. The molecule has 4 rings (SSSR count). The van der Waals surface area contributed by atoms with Gasteiger partial charge < -0.3 is 5.32 Å². The van der Waals surface area contributed by atoms with Gasteiger partial charge >= 0.3 is 0 Å². The monoisotopic (exact) mass is 306 g/mol. The Morgan fingerprint density at radius 3 is 2.91 bits per heavy atom. The quantitative estimate of drug-likeness (QED) is 0.790. The van der Waals surface area contributed by atoms with E-state index in [-0.39, 0.29) is 11.8 Å². The topological polar surface area (TPSA) is 59.8 Å². The number of amides is 1. The molecule has 1 amide bonds. The van der Waals surface area contributed by atoms with Crippen LogP contribution in [0.3, 0.4) is 0 Å². The van der Waals surface area contributed by atoms with Crippen molar-refractivity contribution in [1.82, 2.24) is 14.5 Å². The van der Waals surface area contributed by atoms with Crippen molar-refractivity contribution >= 4 is 22.8 Å². The van der Waals surface area contributed by atoms with Gasteiger partial charge in [0.1, 0.15) is 11.6 Å². The van der Waals surface area contributed by atoms with Crippen LogP contribution in [-0.2, 0) is 11.2 Å². The largest absolute Gasteiger partial charge is 0.310 e. The fourth-order valence-corrected chi connectivity index (χ4v) is 3.13. The molecule has 1 N–H and O–H groups in total. The predicted octanol–water partition coefficient (Wildman–Crippen LogP) is 3.35. The molecule has 0 spiro atoms. The minimum atomic E-state index is 0.0000617. The Morgan fingerprint density at radius 2 is 2.13 bits per heavy atom. The second kappa shape index (κ2) is 4.91. The molecule has 0 aliphatic carbocycles. The predicted molar refractivity (Wildman–Crippen MR) is 90.0 cm³/mol. The number of para-hydroxylation sites is 1. The summed E-state index contributed by atoms with van der Waals surface area (Å²) in [5, 5.41) is 2.78. The summed E-state index contributed by atoms with van der Waals surface area (Å²) in [6.07, 6.45) is 2.19. The highest BCUT2D eigenvalue weighted by Gasteiger charge is 2.22. The lowest BCUT2D eigenvalue weighted by Gasteiger charge is -2.12. The molecule has 1 aliphatic rings. The molecule has 0 fully saturated rings. The Morgan fingerprint density at radius 1 is 1.30 bits per heavy atom. The molecule has 3 heterocycles. The SMILES string of the molecule is Cc1cccc2c1nc(C(C)C)n2-c1cnc2c(c1)CC(=O)N2. The lowest BCUT2D eigenvalue weighted by atomic mass is 10.1. The van der Waals surface area contributed by atoms with Gasteiger partial charge in [0.25, 0.3) is 0 Å². The third-order valence-electron chi connectivity index (χ3n) is 4.25. The summed E-state index contributed by atoms with van der Waals surface area (Å²) in [7, 11) is 0. The first-order chi connectivity index (χ1) is 11.0. The van der Waals surface area contributed by atoms with Gasteiger partial charge in [-0.15, -0.1) is 0 Å². The number of nitrogens with one attached hydrogen (secondary N) is 1. The number of hydrogen-bond donors (Lipinski definition) is 1. The van der Waals surface area contributed by atoms with Gasteiger partial charge in [-0.3, -0.25) is 9.36 Å². The van der Waals surface area contributed by atoms with E-state index in [1.807, 2.05) is 12.1 Å². The molecule has 0 radical (unpaired) electrons. The van der Waals surface area contributed by atoms with Crippen molar-refractivity contribution in [3.8, 4) is 5.69 Å². The number of carbonyl (C=O) groups is 1. The number of benzene rings is 1. The molecule has 3 aromatic rings. The Kier molecular flexibility index (Phi) is 2.98. The molecule has 0 atom stereocenters. The zero-order valence-corrected chi connectivity index (χ0v) is 13.4. The van der Waals surface area contributed by atoms with Crippen molar-refractivity contribution in [2.24, 2.45) is 0 Å². The normalized spacial score (nSPS) is 13.7. The van der Waals surface area contributed by atoms with E-state index in [0.717, 1.165) is 33.7 Å². The van der Waals surface area contributed by atoms with Gasteiger partial charge in [0, 0.05) is 11.5 Å². The van der Waals surface area contributed by atoms with Crippen LogP contribution in [0.1, 0.15) is 36.7 Å². The van der Waals surface area contributed by atoms with Crippen molar-refractivity contribution in [3.05, 3.63) is 47.4 Å². The van der Waals surface area contributed by atoms with Crippen LogP contribution in [-0.4, -0.2) is 20.4 Å². The molecule has 1 aromatic carbocycles. The van der Waals surface area contributed by atoms with Crippen LogP contribution in [0, 0.1) is 6.92 Å². The first-order valence-electron chi connectivity index (χ1n) is 7.81. The van der Waals surface area contributed by atoms with E-state index in [9.17, 15) is 4.79 Å². The molecule has 5 heteroatoms. The molecular weight excluding hydrogens is 288 g/mol. The first kappa shape index (κ1) is 13.9. The summed E-state index contributed by atoms with van der Waals surface area (Å²) >= 11 is 0. The van der Waals surface area contributed by atoms with E-state index < -0.39 is 0 Å². The maximum absolute atomic E-state index is 11.6. The van der Waals surface area contributed by atoms with E-state index in [1.165, 1.54) is 0 Å². The fourth-order valence-electron chi connectivity index (χ4n) is 3.13. The molecular formula is C18H18N4O. The highest BCUT2D eigenvalue weighted by atomic mass is 16.1. The molecule has 23 heavy (non-hydrogen) atoms. The minimum absolute atomic E-state index is 0.0000617. The Labute approximate surface area is 134 Å². The Balaban J connectivity index is 1.98. The van der Waals surface area contributed by atoms with Gasteiger partial charge in [-0.1, -0.05) is 26.0 Å². The van der Waals surface area contributed by atoms with E-state index in [4.69, 9.17) is 4.98 Å². The third-order valence-corrected chi connectivity index (χ3v) is 4.25. The fraction of sp³-hybridized carbons (Fsp3) is 0.278. The van der Waals surface area contributed by atoms with Gasteiger partial charge in [-0.2, -0.15) is 0 Å². The molecule has 116 valence electrons. The van der Waals surface area contributed by atoms with Gasteiger partial charge in [-0.25, -0.2) is 9.97 Å². The van der Waals surface area contributed by atoms with Gasteiger partial charge in [0.2, 0.25) is 5.91 Å². The second-order valence-corrected chi connectivity index (χ2v) is 6.33. The molecule has 2 aromatic heterocycles. The van der Waals surface area contributed by atoms with Crippen LogP contribution in [0.2, 0.25) is 0 Å². The lowest BCUT2D eigenvalue weighted by Crippen LogP contribution is -2.04. The smallest absolute Gasteiger partial charge is 0.230 e. The number of hydrogen-bond acceptors (Lipinski definition) is 3. The number of rotatable bonds is 2. The van der Waals surface area contributed by atoms with Crippen LogP contribution in [0.25, 0.3) is 16.7 Å². The van der Waals surface area contributed by atoms with Crippen molar-refractivity contribution in [2.45, 2.75) is 33.1 Å². The maximum atomic E-state index is 11.6. The number of aryl methyl sites for hydroxylation is 1. The number of pyridine rings is 1. The van der Waals surface area contributed by atoms with E-state index >= 15 is 0 Å². The third kappa shape index (κ3) is 2.11. The summed E-state index contributed by atoms with van der Waals surface area (Å²) in [4.78, 5) is 20.8. The van der Waals surface area contributed by atoms with Gasteiger partial charge in [-0.05, 0) is 24.6 Å². The Bertz CT molecular complexity index is 940. The zero-order valence-electron chi connectivity index (χ0n) is 13.4. The summed E-state index contributed by atoms with van der Waals surface area (Å²) < 4.78 is 2.16. The molecule has 0 saturated heterocycles. The average molecular weight is 306 g/mol. The molecule has 0 saturated carbocycles. The van der Waals surface area contributed by atoms with Crippen LogP contribution >= 0.6 is 0 Å². The molecule has 5 nitrogen and oxygen atoms in total. The van der Waals surface area contributed by atoms with Crippen LogP contribution in [0.4, 0.5) is 5.82 Å². The second-order valence-electron chi connectivity index (χ2n) is 6.33. The number of anilines is 1. The van der Waals surface area contributed by atoms with Crippen molar-refractivity contribution in [1.29, 1.82) is 0 Å². The number of nitrogens with zero attached hydrogens (tertiary/aromatic N) is 3. The average Bonchev–Trinajstić information content (AvgIpc) is 3.06. The van der Waals surface area contributed by atoms with E-state index in [2.05, 4.69) is 47.8 Å². The van der Waals surface area contributed by atoms with E-state index in [1.54, 1.807) is 6.20 Å². The van der Waals surface area contributed by atoms with Crippen molar-refractivity contribution in [2.75, 3.05) is 5.32 Å². The van der Waals surface area contributed by atoms with Crippen LogP contribution < -0.4 is 5.32 Å². The standard InChI is InChI=1S/C18H18N4O/c1-10(2)18-21-16-11(3)5-4-6-14(16)22(18)13-7-12-8-15(23)20-17(12)19-9-13/h4-7,9-10H,8H2,1-3H3,(H,19,20,23). The molecule has 0 bridgehead atoms. The number of imidazole rings is 1. The molecule has 0 unspecified atom stereocenters. The van der Waals surface area contributed by atoms with Gasteiger partial charge in [0.05, 0.1) is 29.3 Å². The highest BCUT2D eigenvalue weighted by Crippen LogP contribution is 2.30. The summed E-state index contributed by atoms with van der Waals surface area (Å²) in [6.45, 7) is 6.35. The van der Waals surface area contributed by atoms with Gasteiger partial charge in [0.15, 0.2) is 0 Å². The zero-order chi connectivity index (χ0) is 16.1. The summed E-state index contributed by atoms with van der Waals surface area (Å²) in [5.74, 6) is 1.97. The number of carbonyl (C=O) groups excluding carboxylic acids is 1.